The minimum absolute atomic E-state index is 0.105. The lowest BCUT2D eigenvalue weighted by Gasteiger charge is -2.12. The number of carboxylic acid groups (broad SMARTS) is 1. The number of halogens is 4. The van der Waals surface area contributed by atoms with Crippen LogP contribution in [0.1, 0.15) is 49.9 Å². The van der Waals surface area contributed by atoms with Crippen LogP contribution < -0.4 is 5.56 Å². The number of aliphatic carboxylic acids is 1. The summed E-state index contributed by atoms with van der Waals surface area (Å²) in [7, 11) is 0. The predicted octanol–water partition coefficient (Wildman–Crippen LogP) is 3.71. The van der Waals surface area contributed by atoms with Gasteiger partial charge in [0.1, 0.15) is 11.6 Å². The number of unbranched alkanes of at least 4 members (excludes halogenated alkanes) is 2. The third-order valence-electron chi connectivity index (χ3n) is 5.74. The van der Waals surface area contributed by atoms with Crippen LogP contribution >= 0.6 is 15.9 Å². The summed E-state index contributed by atoms with van der Waals surface area (Å²) in [5.74, 6) is 0.356. The predicted molar refractivity (Wildman–Crippen MR) is 138 cm³/mol. The van der Waals surface area contributed by atoms with Gasteiger partial charge in [-0.3, -0.25) is 9.36 Å². The maximum Gasteiger partial charge on any atom is 0.490 e. The first kappa shape index (κ1) is 29.0. The van der Waals surface area contributed by atoms with Gasteiger partial charge in [0.05, 0.1) is 10.2 Å². The van der Waals surface area contributed by atoms with Gasteiger partial charge in [-0.15, -0.1) is 10.2 Å². The molecule has 5 rings (SSSR count). The van der Waals surface area contributed by atoms with Crippen molar-refractivity contribution in [1.29, 1.82) is 0 Å². The second kappa shape index (κ2) is 12.4. The van der Waals surface area contributed by atoms with E-state index in [4.69, 9.17) is 14.4 Å². The smallest absolute Gasteiger partial charge is 0.475 e. The first-order chi connectivity index (χ1) is 19.1. The molecule has 212 valence electrons. The standard InChI is InChI=1S/C21H22BrN9O2.C2HF3O2/c1-2-3-4-11-30-19-13(12-14(22)25-19)20(32)31-15(27-28-21(30)31)7-5-8-16-26-18(29-33-16)17-23-9-6-10-24-17;3-2(4,5)1(6)7/h6,9-10H,2-5,7-8,11-12H2,1H3;(H,6,7). The SMILES string of the molecule is CCCCCn1c2c(c(=O)n3c(CCCc4nc(-c5ncccn5)no4)nnc13)CC(Br)=N2.O=C(O)C(F)(F)F. The molecule has 13 nitrogen and oxygen atoms in total. The summed E-state index contributed by atoms with van der Waals surface area (Å²) in [6, 6.07) is 1.73. The molecule has 1 aliphatic rings. The highest BCUT2D eigenvalue weighted by atomic mass is 79.9. The molecule has 0 saturated carbocycles. The number of nitrogens with zero attached hydrogens (tertiary/aromatic N) is 9. The summed E-state index contributed by atoms with van der Waals surface area (Å²) in [6.07, 6.45) is 3.61. The van der Waals surface area contributed by atoms with E-state index in [1.54, 1.807) is 22.9 Å². The molecule has 0 spiro atoms. The quantitative estimate of drug-likeness (QED) is 0.271. The number of carbonyl (C=O) groups is 1. The zero-order valence-corrected chi connectivity index (χ0v) is 22.7. The highest BCUT2D eigenvalue weighted by Gasteiger charge is 2.38. The number of carboxylic acids is 1. The van der Waals surface area contributed by atoms with Gasteiger partial charge in [-0.25, -0.2) is 24.2 Å². The van der Waals surface area contributed by atoms with Crippen molar-refractivity contribution in [3.8, 4) is 11.6 Å². The maximum atomic E-state index is 13.2. The monoisotopic (exact) mass is 625 g/mol. The Hall–Kier alpha value is -4.02. The van der Waals surface area contributed by atoms with Crippen molar-refractivity contribution in [3.05, 3.63) is 46.1 Å². The molecule has 4 aromatic heterocycles. The van der Waals surface area contributed by atoms with Gasteiger partial charge in [0.2, 0.25) is 23.3 Å². The van der Waals surface area contributed by atoms with Crippen LogP contribution in [-0.4, -0.2) is 61.1 Å². The minimum atomic E-state index is -5.08. The molecule has 0 radical (unpaired) electrons. The fourth-order valence-corrected chi connectivity index (χ4v) is 4.36. The summed E-state index contributed by atoms with van der Waals surface area (Å²) in [5, 5.41) is 19.8. The molecule has 0 amide bonds. The lowest BCUT2D eigenvalue weighted by atomic mass is 10.2. The molecule has 17 heteroatoms. The molecule has 0 saturated heterocycles. The lowest BCUT2D eigenvalue weighted by Crippen LogP contribution is -2.23. The topological polar surface area (TPSA) is 167 Å². The summed E-state index contributed by atoms with van der Waals surface area (Å²) >= 11 is 3.46. The van der Waals surface area contributed by atoms with Crippen LogP contribution in [0.25, 0.3) is 17.4 Å². The molecule has 4 aromatic rings. The zero-order valence-electron chi connectivity index (χ0n) is 21.1. The average Bonchev–Trinajstić information content (AvgIpc) is 3.65. The van der Waals surface area contributed by atoms with Crippen LogP contribution in [0.5, 0.6) is 0 Å². The molecule has 5 heterocycles. The van der Waals surface area contributed by atoms with E-state index in [0.717, 1.165) is 30.4 Å². The maximum absolute atomic E-state index is 13.2. The fourth-order valence-electron chi connectivity index (χ4n) is 3.91. The van der Waals surface area contributed by atoms with E-state index < -0.39 is 12.1 Å². The van der Waals surface area contributed by atoms with Crippen molar-refractivity contribution in [2.24, 2.45) is 4.99 Å². The van der Waals surface area contributed by atoms with E-state index >= 15 is 0 Å². The number of aryl methyl sites for hydroxylation is 3. The molecular formula is C23H23BrF3N9O4. The number of hydrogen-bond acceptors (Lipinski definition) is 10. The van der Waals surface area contributed by atoms with Crippen molar-refractivity contribution in [1.82, 2.24) is 39.3 Å². The van der Waals surface area contributed by atoms with Crippen LogP contribution in [0, 0.1) is 0 Å². The summed E-state index contributed by atoms with van der Waals surface area (Å²) in [4.78, 5) is 39.3. The first-order valence-electron chi connectivity index (χ1n) is 12.2. The highest BCUT2D eigenvalue weighted by molar-refractivity contribution is 9.18. The Morgan fingerprint density at radius 1 is 1.12 bits per heavy atom. The van der Waals surface area contributed by atoms with E-state index in [9.17, 15) is 18.0 Å². The van der Waals surface area contributed by atoms with Crippen molar-refractivity contribution < 1.29 is 27.6 Å². The van der Waals surface area contributed by atoms with Gasteiger partial charge in [-0.05, 0) is 34.8 Å². The Morgan fingerprint density at radius 3 is 2.52 bits per heavy atom. The van der Waals surface area contributed by atoms with E-state index in [0.29, 0.717) is 66.2 Å². The molecular weight excluding hydrogens is 603 g/mol. The van der Waals surface area contributed by atoms with Gasteiger partial charge in [0.15, 0.2) is 0 Å². The van der Waals surface area contributed by atoms with E-state index in [2.05, 4.69) is 58.2 Å². The summed E-state index contributed by atoms with van der Waals surface area (Å²) < 4.78 is 41.5. The molecule has 0 fully saturated rings. The second-order valence-corrected chi connectivity index (χ2v) is 9.54. The third-order valence-corrected chi connectivity index (χ3v) is 6.20. The molecule has 1 aliphatic heterocycles. The van der Waals surface area contributed by atoms with Gasteiger partial charge in [-0.2, -0.15) is 18.2 Å². The Morgan fingerprint density at radius 2 is 1.85 bits per heavy atom. The van der Waals surface area contributed by atoms with Crippen LogP contribution in [0.3, 0.4) is 0 Å². The highest BCUT2D eigenvalue weighted by Crippen LogP contribution is 2.28. The molecule has 40 heavy (non-hydrogen) atoms. The normalized spacial score (nSPS) is 12.7. The van der Waals surface area contributed by atoms with Gasteiger partial charge in [0, 0.05) is 38.2 Å². The molecule has 0 unspecified atom stereocenters. The number of rotatable bonds is 9. The number of fused-ring (bicyclic) bond motifs is 2. The van der Waals surface area contributed by atoms with E-state index in [1.165, 1.54) is 0 Å². The number of alkyl halides is 3. The number of hydrogen-bond donors (Lipinski definition) is 1. The van der Waals surface area contributed by atoms with Crippen LogP contribution in [0.4, 0.5) is 19.0 Å². The minimum Gasteiger partial charge on any atom is -0.475 e. The van der Waals surface area contributed by atoms with Gasteiger partial charge < -0.3 is 9.63 Å². The van der Waals surface area contributed by atoms with Crippen molar-refractivity contribution in [2.75, 3.05) is 0 Å². The number of aromatic nitrogens is 8. The van der Waals surface area contributed by atoms with Crippen LogP contribution in [0.2, 0.25) is 0 Å². The van der Waals surface area contributed by atoms with Gasteiger partial charge >= 0.3 is 12.1 Å². The van der Waals surface area contributed by atoms with Crippen molar-refractivity contribution in [3.63, 3.8) is 0 Å². The van der Waals surface area contributed by atoms with Crippen LogP contribution in [0.15, 0.2) is 32.8 Å². The fraction of sp³-hybridized carbons (Fsp3) is 0.435. The average molecular weight is 626 g/mol. The van der Waals surface area contributed by atoms with E-state index in [-0.39, 0.29) is 5.56 Å². The largest absolute Gasteiger partial charge is 0.490 e. The Kier molecular flexibility index (Phi) is 9.01. The van der Waals surface area contributed by atoms with Crippen LogP contribution in [-0.2, 0) is 30.6 Å². The van der Waals surface area contributed by atoms with E-state index in [1.807, 2.05) is 4.57 Å². The summed E-state index contributed by atoms with van der Waals surface area (Å²) in [6.45, 7) is 2.91. The molecule has 0 aliphatic carbocycles. The Bertz CT molecular complexity index is 1580. The van der Waals surface area contributed by atoms with Gasteiger partial charge in [0.25, 0.3) is 5.56 Å². The first-order valence-corrected chi connectivity index (χ1v) is 13.0. The molecule has 0 atom stereocenters. The molecule has 0 bridgehead atoms. The van der Waals surface area contributed by atoms with Crippen molar-refractivity contribution in [2.45, 2.75) is 64.6 Å². The van der Waals surface area contributed by atoms with Crippen molar-refractivity contribution >= 4 is 38.1 Å². The summed E-state index contributed by atoms with van der Waals surface area (Å²) in [5.41, 5.74) is 0.572. The Labute approximate surface area is 232 Å². The third kappa shape index (κ3) is 6.57. The zero-order chi connectivity index (χ0) is 28.9. The molecule has 0 aromatic carbocycles. The van der Waals surface area contributed by atoms with Gasteiger partial charge in [-0.1, -0.05) is 24.9 Å². The second-order valence-electron chi connectivity index (χ2n) is 8.62. The molecule has 1 N–H and O–H groups in total. The number of aliphatic imine (C=N–C) groups is 1. The Balaban J connectivity index is 0.000000470. The lowest BCUT2D eigenvalue weighted by molar-refractivity contribution is -0.192.